The van der Waals surface area contributed by atoms with E-state index in [1.165, 1.54) is 18.1 Å². The fraction of sp³-hybridized carbons (Fsp3) is 0.240. The standard InChI is InChI=1S/C19H20N2O3.C6H4/c1-5-16-15(11-20)17(18(21(16)4)19(23)24-6-2)14-10-8-7-9-13(14)12(3)22;1-2-6-4-3-5(1)6/h7-10H,5-6H2,1-4H3;1-4H. The molecule has 1 aromatic carbocycles. The Morgan fingerprint density at radius 3 is 2.07 bits per heavy atom. The Balaban J connectivity index is 0.000000357. The van der Waals surface area contributed by atoms with Gasteiger partial charge in [0, 0.05) is 23.9 Å². The maximum absolute atomic E-state index is 12.5. The minimum atomic E-state index is -0.496. The predicted octanol–water partition coefficient (Wildman–Crippen LogP) is 5.17. The number of fused-ring (bicyclic) bond motifs is 1. The average Bonchev–Trinajstić information content (AvgIpc) is 3.02. The van der Waals surface area contributed by atoms with Gasteiger partial charge in [0.05, 0.1) is 12.2 Å². The summed E-state index contributed by atoms with van der Waals surface area (Å²) < 4.78 is 6.87. The second-order valence-corrected chi connectivity index (χ2v) is 6.97. The van der Waals surface area contributed by atoms with Crippen molar-refractivity contribution < 1.29 is 14.3 Å². The van der Waals surface area contributed by atoms with Crippen molar-refractivity contribution in [1.29, 1.82) is 5.26 Å². The van der Waals surface area contributed by atoms with Crippen LogP contribution in [0.15, 0.2) is 48.5 Å². The van der Waals surface area contributed by atoms with Gasteiger partial charge in [-0.1, -0.05) is 55.5 Å². The van der Waals surface area contributed by atoms with Crippen LogP contribution in [0, 0.1) is 11.3 Å². The number of benzene rings is 2. The second-order valence-electron chi connectivity index (χ2n) is 6.97. The summed E-state index contributed by atoms with van der Waals surface area (Å²) in [5.41, 5.74) is 5.85. The van der Waals surface area contributed by atoms with Crippen LogP contribution in [0.3, 0.4) is 0 Å². The number of nitriles is 1. The Hall–Kier alpha value is -3.65. The van der Waals surface area contributed by atoms with Gasteiger partial charge in [-0.05, 0) is 37.0 Å². The maximum atomic E-state index is 12.5. The summed E-state index contributed by atoms with van der Waals surface area (Å²) in [6, 6.07) is 17.7. The minimum absolute atomic E-state index is 0.119. The number of Topliss-reactive ketones (excluding diaryl/α,β-unsaturated/α-hetero) is 1. The third-order valence-electron chi connectivity index (χ3n) is 5.23. The van der Waals surface area contributed by atoms with Crippen LogP contribution in [0.25, 0.3) is 22.3 Å². The summed E-state index contributed by atoms with van der Waals surface area (Å²) >= 11 is 0. The number of ketones is 1. The Bertz CT molecular complexity index is 1130. The lowest BCUT2D eigenvalue weighted by Crippen LogP contribution is -2.12. The van der Waals surface area contributed by atoms with Crippen LogP contribution in [-0.4, -0.2) is 22.9 Å². The number of carbonyl (C=O) groups excluding carboxylic acids is 2. The van der Waals surface area contributed by atoms with E-state index >= 15 is 0 Å². The van der Waals surface area contributed by atoms with E-state index in [0.717, 1.165) is 5.69 Å². The first-order valence-corrected chi connectivity index (χ1v) is 9.94. The zero-order valence-electron chi connectivity index (χ0n) is 17.7. The SMILES string of the molecule is CCOC(=O)c1c(-c2ccccc2C(C)=O)c(C#N)c(CC)n1C.c1cc2ccc1-2. The highest BCUT2D eigenvalue weighted by Gasteiger charge is 2.28. The molecule has 0 spiro atoms. The molecule has 0 N–H and O–H groups in total. The van der Waals surface area contributed by atoms with Crippen LogP contribution < -0.4 is 0 Å². The first kappa shape index (κ1) is 21.1. The molecule has 0 amide bonds. The molecule has 2 aliphatic carbocycles. The van der Waals surface area contributed by atoms with Crippen LogP contribution in [0.4, 0.5) is 0 Å². The summed E-state index contributed by atoms with van der Waals surface area (Å²) in [7, 11) is 1.74. The van der Waals surface area contributed by atoms with Crippen molar-refractivity contribution in [2.24, 2.45) is 7.05 Å². The molecule has 0 saturated heterocycles. The quantitative estimate of drug-likeness (QED) is 0.342. The van der Waals surface area contributed by atoms with Crippen LogP contribution in [0.1, 0.15) is 52.9 Å². The Labute approximate surface area is 176 Å². The topological polar surface area (TPSA) is 72.1 Å². The molecular weight excluding hydrogens is 376 g/mol. The first-order valence-electron chi connectivity index (χ1n) is 9.94. The molecule has 2 aromatic rings. The number of hydrogen-bond acceptors (Lipinski definition) is 4. The molecule has 0 atom stereocenters. The molecule has 0 aliphatic heterocycles. The lowest BCUT2D eigenvalue weighted by molar-refractivity contribution is 0.0515. The molecule has 4 rings (SSSR count). The highest BCUT2D eigenvalue weighted by molar-refractivity contribution is 6.06. The largest absolute Gasteiger partial charge is 0.461 e. The number of carbonyl (C=O) groups is 2. The molecule has 5 nitrogen and oxygen atoms in total. The summed E-state index contributed by atoms with van der Waals surface area (Å²) in [6.45, 7) is 5.36. The summed E-state index contributed by atoms with van der Waals surface area (Å²) in [6.07, 6.45) is 0.591. The van der Waals surface area contributed by atoms with Gasteiger partial charge in [0.2, 0.25) is 0 Å². The Morgan fingerprint density at radius 1 is 1.03 bits per heavy atom. The molecule has 0 saturated carbocycles. The van der Waals surface area contributed by atoms with Gasteiger partial charge in [0.1, 0.15) is 11.8 Å². The molecule has 1 heterocycles. The highest BCUT2D eigenvalue weighted by Crippen LogP contribution is 2.35. The molecule has 5 heteroatoms. The van der Waals surface area contributed by atoms with Gasteiger partial charge in [-0.3, -0.25) is 4.79 Å². The van der Waals surface area contributed by atoms with Crippen molar-refractivity contribution in [2.45, 2.75) is 27.2 Å². The van der Waals surface area contributed by atoms with E-state index in [1.54, 1.807) is 42.8 Å². The van der Waals surface area contributed by atoms with Crippen molar-refractivity contribution in [3.63, 3.8) is 0 Å². The van der Waals surface area contributed by atoms with Crippen LogP contribution >= 0.6 is 0 Å². The van der Waals surface area contributed by atoms with Gasteiger partial charge in [-0.25, -0.2) is 4.79 Å². The molecule has 152 valence electrons. The van der Waals surface area contributed by atoms with E-state index in [9.17, 15) is 14.9 Å². The number of aromatic nitrogens is 1. The molecular formula is C25H24N2O3. The summed E-state index contributed by atoms with van der Waals surface area (Å²) in [5, 5.41) is 9.67. The summed E-state index contributed by atoms with van der Waals surface area (Å²) in [5.74, 6) is -0.615. The third-order valence-corrected chi connectivity index (χ3v) is 5.23. The summed E-state index contributed by atoms with van der Waals surface area (Å²) in [4.78, 5) is 24.5. The number of esters is 1. The van der Waals surface area contributed by atoms with E-state index in [0.29, 0.717) is 34.4 Å². The van der Waals surface area contributed by atoms with Crippen molar-refractivity contribution in [3.05, 3.63) is 71.0 Å². The van der Waals surface area contributed by atoms with Gasteiger partial charge in [0.25, 0.3) is 0 Å². The van der Waals surface area contributed by atoms with E-state index in [1.807, 2.05) is 6.92 Å². The number of rotatable bonds is 5. The van der Waals surface area contributed by atoms with E-state index in [-0.39, 0.29) is 12.4 Å². The zero-order chi connectivity index (χ0) is 21.8. The van der Waals surface area contributed by atoms with Gasteiger partial charge in [-0.2, -0.15) is 5.26 Å². The predicted molar refractivity (Wildman–Crippen MR) is 116 cm³/mol. The van der Waals surface area contributed by atoms with Gasteiger partial charge >= 0.3 is 5.97 Å². The van der Waals surface area contributed by atoms with Gasteiger partial charge in [-0.15, -0.1) is 0 Å². The van der Waals surface area contributed by atoms with Crippen molar-refractivity contribution >= 4 is 11.8 Å². The first-order chi connectivity index (χ1) is 14.4. The number of ether oxygens (including phenoxy) is 1. The smallest absolute Gasteiger partial charge is 0.355 e. The molecule has 0 fully saturated rings. The Morgan fingerprint density at radius 2 is 1.63 bits per heavy atom. The lowest BCUT2D eigenvalue weighted by atomic mass is 9.94. The average molecular weight is 400 g/mol. The Kier molecular flexibility index (Phi) is 6.17. The van der Waals surface area contributed by atoms with Crippen LogP contribution in [0.2, 0.25) is 0 Å². The molecule has 0 unspecified atom stereocenters. The monoisotopic (exact) mass is 400 g/mol. The highest BCUT2D eigenvalue weighted by atomic mass is 16.5. The molecule has 1 aromatic heterocycles. The van der Waals surface area contributed by atoms with Crippen LogP contribution in [-0.2, 0) is 18.2 Å². The van der Waals surface area contributed by atoms with E-state index in [4.69, 9.17) is 4.74 Å². The fourth-order valence-corrected chi connectivity index (χ4v) is 3.64. The normalized spacial score (nSPS) is 10.5. The minimum Gasteiger partial charge on any atom is -0.461 e. The fourth-order valence-electron chi connectivity index (χ4n) is 3.64. The molecule has 2 aliphatic rings. The van der Waals surface area contributed by atoms with Gasteiger partial charge in [0.15, 0.2) is 5.78 Å². The van der Waals surface area contributed by atoms with E-state index in [2.05, 4.69) is 30.3 Å². The zero-order valence-corrected chi connectivity index (χ0v) is 17.7. The third kappa shape index (κ3) is 3.65. The van der Waals surface area contributed by atoms with Gasteiger partial charge < -0.3 is 9.30 Å². The van der Waals surface area contributed by atoms with Crippen molar-refractivity contribution in [1.82, 2.24) is 4.57 Å². The van der Waals surface area contributed by atoms with Crippen LogP contribution in [0.5, 0.6) is 0 Å². The number of hydrogen-bond donors (Lipinski definition) is 0. The second kappa shape index (κ2) is 8.79. The molecule has 30 heavy (non-hydrogen) atoms. The number of nitrogens with zero attached hydrogens (tertiary/aromatic N) is 2. The van der Waals surface area contributed by atoms with Crippen molar-refractivity contribution in [2.75, 3.05) is 6.61 Å². The maximum Gasteiger partial charge on any atom is 0.355 e. The molecule has 0 radical (unpaired) electrons. The van der Waals surface area contributed by atoms with Crippen molar-refractivity contribution in [3.8, 4) is 28.3 Å². The lowest BCUT2D eigenvalue weighted by Gasteiger charge is -2.10. The van der Waals surface area contributed by atoms with E-state index < -0.39 is 5.97 Å². The molecule has 0 bridgehead atoms.